The molecule has 8 N–H and O–H groups in total. The molecule has 6 rings (SSSR count). The number of aromatic nitrogens is 8. The van der Waals surface area contributed by atoms with Crippen molar-refractivity contribution in [3.8, 4) is 0 Å². The van der Waals surface area contributed by atoms with E-state index in [9.17, 15) is 39.0 Å². The Labute approximate surface area is 324 Å². The van der Waals surface area contributed by atoms with Gasteiger partial charge in [-0.2, -0.15) is 0 Å². The molecule has 1 fully saturated rings. The van der Waals surface area contributed by atoms with Gasteiger partial charge in [-0.05, 0) is 25.0 Å². The molecule has 5 amide bonds. The number of aryl methyl sites for hydroxylation is 5. The van der Waals surface area contributed by atoms with Gasteiger partial charge in [0.25, 0.3) is 17.7 Å². The van der Waals surface area contributed by atoms with E-state index in [-0.39, 0.29) is 59.9 Å². The van der Waals surface area contributed by atoms with E-state index in [1.807, 2.05) is 0 Å². The first-order valence-electron chi connectivity index (χ1n) is 17.6. The molecule has 0 saturated heterocycles. The number of imidazole rings is 3. The van der Waals surface area contributed by atoms with Gasteiger partial charge in [-0.3, -0.25) is 24.0 Å². The van der Waals surface area contributed by atoms with Crippen molar-refractivity contribution in [3.05, 3.63) is 78.2 Å². The van der Waals surface area contributed by atoms with Gasteiger partial charge in [-0.15, -0.1) is 0 Å². The van der Waals surface area contributed by atoms with Crippen LogP contribution in [0.15, 0.2) is 49.3 Å². The van der Waals surface area contributed by atoms with Crippen molar-refractivity contribution < 1.29 is 39.0 Å². The molecule has 0 bridgehead atoms. The van der Waals surface area contributed by atoms with Gasteiger partial charge in [0.15, 0.2) is 29.5 Å². The van der Waals surface area contributed by atoms with Crippen LogP contribution in [0.5, 0.6) is 0 Å². The van der Waals surface area contributed by atoms with Crippen LogP contribution in [0.3, 0.4) is 0 Å². The number of carbonyl (C=O) groups is 6. The van der Waals surface area contributed by atoms with E-state index in [1.165, 1.54) is 46.9 Å². The number of nitrogens with one attached hydrogen (secondary N) is 6. The predicted molar refractivity (Wildman–Crippen MR) is 202 cm³/mol. The number of hydrogen-bond donors (Lipinski definition) is 8. The number of aliphatic hydroxyl groups excluding tert-OH is 1. The second kappa shape index (κ2) is 15.9. The van der Waals surface area contributed by atoms with E-state index in [0.29, 0.717) is 24.2 Å². The third kappa shape index (κ3) is 9.19. The fourth-order valence-corrected chi connectivity index (χ4v) is 6.12. The summed E-state index contributed by atoms with van der Waals surface area (Å²) in [6, 6.07) is 3.04. The lowest BCUT2D eigenvalue weighted by Crippen LogP contribution is -2.40. The minimum atomic E-state index is -1.34. The molecule has 1 aliphatic rings. The molecule has 300 valence electrons. The maximum atomic E-state index is 13.3. The molecule has 5 aromatic heterocycles. The van der Waals surface area contributed by atoms with Gasteiger partial charge < -0.3 is 64.9 Å². The Morgan fingerprint density at radius 2 is 1.37 bits per heavy atom. The average Bonchev–Trinajstić information content (AvgIpc) is 3.63. The molecule has 22 heteroatoms. The highest BCUT2D eigenvalue weighted by Crippen LogP contribution is 2.39. The number of nitrogens with zero attached hydrogens (tertiary/aromatic N) is 8. The number of aromatic carboxylic acids is 1. The van der Waals surface area contributed by atoms with Crippen LogP contribution in [-0.4, -0.2) is 95.6 Å². The lowest BCUT2D eigenvalue weighted by molar-refractivity contribution is -0.117. The minimum Gasteiger partial charge on any atom is -0.475 e. The molecule has 0 aliphatic heterocycles. The van der Waals surface area contributed by atoms with Crippen molar-refractivity contribution in [2.45, 2.75) is 37.5 Å². The average molecular weight is 787 g/mol. The van der Waals surface area contributed by atoms with Crippen molar-refractivity contribution >= 4 is 58.5 Å². The van der Waals surface area contributed by atoms with Gasteiger partial charge in [0, 0.05) is 90.9 Å². The molecule has 57 heavy (non-hydrogen) atoms. The largest absolute Gasteiger partial charge is 0.475 e. The van der Waals surface area contributed by atoms with E-state index in [2.05, 4.69) is 46.9 Å². The number of carbonyl (C=O) groups excluding carboxylic acids is 5. The van der Waals surface area contributed by atoms with Gasteiger partial charge >= 0.3 is 5.97 Å². The molecule has 1 saturated carbocycles. The molecule has 1 atom stereocenters. The topological polar surface area (TPSA) is 278 Å². The lowest BCUT2D eigenvalue weighted by Gasteiger charge is -2.17. The molecule has 1 aliphatic carbocycles. The summed E-state index contributed by atoms with van der Waals surface area (Å²) in [5.74, 6) is -3.02. The second-order valence-corrected chi connectivity index (χ2v) is 13.8. The zero-order chi connectivity index (χ0) is 41.2. The summed E-state index contributed by atoms with van der Waals surface area (Å²) in [6.45, 7) is 0.00738. The zero-order valence-electron chi connectivity index (χ0n) is 31.7. The van der Waals surface area contributed by atoms with E-state index in [0.717, 1.165) is 0 Å². The monoisotopic (exact) mass is 786 g/mol. The van der Waals surface area contributed by atoms with Crippen molar-refractivity contribution in [3.63, 3.8) is 0 Å². The van der Waals surface area contributed by atoms with Crippen LogP contribution in [0.4, 0.5) is 23.0 Å². The first-order valence-corrected chi connectivity index (χ1v) is 17.6. The van der Waals surface area contributed by atoms with Crippen LogP contribution < -0.4 is 31.9 Å². The third-order valence-corrected chi connectivity index (χ3v) is 9.19. The smallest absolute Gasteiger partial charge is 0.372 e. The van der Waals surface area contributed by atoms with Crippen molar-refractivity contribution in [2.75, 3.05) is 27.8 Å². The Morgan fingerprint density at radius 1 is 0.737 bits per heavy atom. The Bertz CT molecular complexity index is 2380. The lowest BCUT2D eigenvalue weighted by atomic mass is 10.1. The molecule has 0 radical (unpaired) electrons. The van der Waals surface area contributed by atoms with Crippen LogP contribution in [0.25, 0.3) is 0 Å². The fourth-order valence-electron chi connectivity index (χ4n) is 6.12. The summed E-state index contributed by atoms with van der Waals surface area (Å²) >= 11 is 0. The van der Waals surface area contributed by atoms with Gasteiger partial charge in [0.05, 0.1) is 17.8 Å². The number of aliphatic hydroxyl groups is 1. The Morgan fingerprint density at radius 3 is 2.02 bits per heavy atom. The van der Waals surface area contributed by atoms with Crippen molar-refractivity contribution in [1.29, 1.82) is 0 Å². The Hall–Kier alpha value is -7.23. The first-order chi connectivity index (χ1) is 27.0. The summed E-state index contributed by atoms with van der Waals surface area (Å²) in [6.07, 6.45) is 8.90. The summed E-state index contributed by atoms with van der Waals surface area (Å²) < 4.78 is 7.47. The maximum absolute atomic E-state index is 13.3. The van der Waals surface area contributed by atoms with E-state index in [4.69, 9.17) is 0 Å². The van der Waals surface area contributed by atoms with Gasteiger partial charge in [-0.1, -0.05) is 0 Å². The number of amides is 5. The number of carboxylic acids is 1. The highest BCUT2D eigenvalue weighted by atomic mass is 16.4. The standard InChI is InChI=1S/C35H42N14O8/c1-45-11-10-36-27(45)32(54)38-19-12-21(46(2)15-19)30(52)37-9-6-25(50)40-23-17-48(4)28(42-23)33(55)39-20-13-22(47(3)16-20)31(53)44-35(7-8-35)14-26(51)41-24-18-49(5)29(43-24)34(56)57/h10-13,15-18,33,39,55H,6-9,14H2,1-5H3,(H,37,52)(H,38,54)(H,40,50)(H,41,51)(H,44,53)(H,56,57). The van der Waals surface area contributed by atoms with Crippen LogP contribution in [0, 0.1) is 0 Å². The summed E-state index contributed by atoms with van der Waals surface area (Å²) in [5, 5.41) is 36.6. The Kier molecular flexibility index (Phi) is 11.0. The normalized spacial score (nSPS) is 13.4. The summed E-state index contributed by atoms with van der Waals surface area (Å²) in [7, 11) is 8.12. The second-order valence-electron chi connectivity index (χ2n) is 13.8. The number of rotatable bonds is 16. The zero-order valence-corrected chi connectivity index (χ0v) is 31.7. The third-order valence-electron chi connectivity index (χ3n) is 9.19. The first kappa shape index (κ1) is 39.5. The SMILES string of the molecule is Cn1cc(NC(=O)c2nccn2C)cc1C(=O)NCCC(=O)Nc1cn(C)c(C(O)Nc2cc(C(=O)NC3(CC(=O)Nc4cn(C)c(C(=O)O)n4)CC3)n(C)c2)n1. The molecule has 22 nitrogen and oxygen atoms in total. The molecule has 0 spiro atoms. The summed E-state index contributed by atoms with van der Waals surface area (Å²) in [5.41, 5.74) is 0.550. The molecule has 1 unspecified atom stereocenters. The molecular weight excluding hydrogens is 744 g/mol. The molecule has 5 heterocycles. The molecular formula is C35H42N14O8. The molecule has 0 aromatic carbocycles. The maximum Gasteiger partial charge on any atom is 0.372 e. The van der Waals surface area contributed by atoms with Crippen LogP contribution >= 0.6 is 0 Å². The molecule has 5 aromatic rings. The van der Waals surface area contributed by atoms with Crippen LogP contribution in [-0.2, 0) is 44.8 Å². The number of anilines is 4. The highest BCUT2D eigenvalue weighted by molar-refractivity contribution is 6.03. The quantitative estimate of drug-likeness (QED) is 0.0641. The van der Waals surface area contributed by atoms with Gasteiger partial charge in [-0.25, -0.2) is 19.7 Å². The predicted octanol–water partition coefficient (Wildman–Crippen LogP) is 0.667. The van der Waals surface area contributed by atoms with E-state index < -0.39 is 47.3 Å². The minimum absolute atomic E-state index is 0.00738. The number of carboxylic acid groups (broad SMARTS) is 1. The van der Waals surface area contributed by atoms with E-state index in [1.54, 1.807) is 60.5 Å². The van der Waals surface area contributed by atoms with Crippen LogP contribution in [0.1, 0.15) is 80.0 Å². The van der Waals surface area contributed by atoms with Crippen molar-refractivity contribution in [2.24, 2.45) is 35.2 Å². The Balaban J connectivity index is 0.962. The number of hydrogen-bond acceptors (Lipinski definition) is 11. The van der Waals surface area contributed by atoms with Gasteiger partial charge in [0.2, 0.25) is 17.6 Å². The highest BCUT2D eigenvalue weighted by Gasteiger charge is 2.46. The van der Waals surface area contributed by atoms with Crippen molar-refractivity contribution in [1.82, 2.24) is 48.4 Å². The van der Waals surface area contributed by atoms with Crippen LogP contribution in [0.2, 0.25) is 0 Å². The van der Waals surface area contributed by atoms with E-state index >= 15 is 0 Å². The van der Waals surface area contributed by atoms with Gasteiger partial charge in [0.1, 0.15) is 11.4 Å². The fraction of sp³-hybridized carbons (Fsp3) is 0.343. The summed E-state index contributed by atoms with van der Waals surface area (Å²) in [4.78, 5) is 87.4.